The van der Waals surface area contributed by atoms with Crippen molar-refractivity contribution in [3.63, 3.8) is 0 Å². The molecule has 0 aliphatic carbocycles. The number of halogens is 1. The average Bonchev–Trinajstić information content (AvgIpc) is 2.95. The van der Waals surface area contributed by atoms with Crippen LogP contribution in [0, 0.1) is 0 Å². The van der Waals surface area contributed by atoms with Gasteiger partial charge in [-0.25, -0.2) is 4.79 Å². The van der Waals surface area contributed by atoms with E-state index in [1.807, 2.05) is 78.9 Å². The molecule has 0 aliphatic heterocycles. The molecule has 6 heteroatoms. The summed E-state index contributed by atoms with van der Waals surface area (Å²) in [5.74, 6) is 0.634. The molecule has 5 nitrogen and oxygen atoms in total. The summed E-state index contributed by atoms with van der Waals surface area (Å²) in [7, 11) is 1.59. The molecule has 5 aromatic rings. The van der Waals surface area contributed by atoms with Gasteiger partial charge in [0.05, 0.1) is 22.8 Å². The van der Waals surface area contributed by atoms with E-state index >= 15 is 0 Å². The van der Waals surface area contributed by atoms with Crippen molar-refractivity contribution in [2.24, 2.45) is 0 Å². The molecule has 4 aromatic carbocycles. The number of hydrogen-bond donors (Lipinski definition) is 0. The van der Waals surface area contributed by atoms with Gasteiger partial charge in [-0.3, -0.25) is 4.98 Å². The lowest BCUT2D eigenvalue weighted by Gasteiger charge is -2.22. The molecular weight excluding hydrogens is 530 g/mol. The maximum atomic E-state index is 13.2. The number of methoxy groups -OCH3 is 1. The van der Waals surface area contributed by atoms with Crippen LogP contribution in [0.1, 0.15) is 33.3 Å². The molecule has 0 saturated carbocycles. The van der Waals surface area contributed by atoms with Gasteiger partial charge in [0, 0.05) is 17.1 Å². The van der Waals surface area contributed by atoms with Crippen LogP contribution >= 0.6 is 15.9 Å². The quantitative estimate of drug-likeness (QED) is 0.186. The Kier molecular flexibility index (Phi) is 7.47. The Morgan fingerprint density at radius 1 is 0.892 bits per heavy atom. The van der Waals surface area contributed by atoms with E-state index < -0.39 is 12.1 Å². The second-order valence-corrected chi connectivity index (χ2v) is 9.23. The van der Waals surface area contributed by atoms with E-state index in [1.165, 1.54) is 0 Å². The fraction of sp³-hybridized carbons (Fsp3) is 0.0968. The first-order chi connectivity index (χ1) is 18.1. The fourth-order valence-electron chi connectivity index (χ4n) is 4.14. The topological polar surface area (TPSA) is 57.7 Å². The van der Waals surface area contributed by atoms with E-state index in [-0.39, 0.29) is 0 Å². The Morgan fingerprint density at radius 2 is 1.59 bits per heavy atom. The lowest BCUT2D eigenvalue weighted by molar-refractivity contribution is 0.0373. The standard InChI is InChI=1S/C31H24BrNO4/c1-35-27-19-24(18-26(32)30(27)36-20-21-10-4-2-5-11-21)29(37-31(34)23-13-6-3-7-14-23)28-25-15-9-8-12-22(25)16-17-33-28/h2-19,29H,20H2,1H3. The van der Waals surface area contributed by atoms with E-state index in [0.29, 0.717) is 39.4 Å². The number of carbonyl (C=O) groups excluding carboxylic acids is 1. The molecule has 1 heterocycles. The average molecular weight is 554 g/mol. The molecule has 0 fully saturated rings. The molecule has 1 aromatic heterocycles. The minimum Gasteiger partial charge on any atom is -0.493 e. The molecule has 0 amide bonds. The van der Waals surface area contributed by atoms with Gasteiger partial charge in [-0.2, -0.15) is 0 Å². The number of rotatable bonds is 8. The second-order valence-electron chi connectivity index (χ2n) is 8.38. The molecular formula is C31H24BrNO4. The number of carbonyl (C=O) groups is 1. The number of nitrogens with zero attached hydrogens (tertiary/aromatic N) is 1. The minimum atomic E-state index is -0.785. The normalized spacial score (nSPS) is 11.6. The van der Waals surface area contributed by atoms with Crippen LogP contribution in [0.5, 0.6) is 11.5 Å². The zero-order valence-electron chi connectivity index (χ0n) is 20.1. The third-order valence-corrected chi connectivity index (χ3v) is 6.56. The lowest BCUT2D eigenvalue weighted by atomic mass is 10.00. The van der Waals surface area contributed by atoms with Gasteiger partial charge in [-0.15, -0.1) is 0 Å². The van der Waals surface area contributed by atoms with Crippen molar-refractivity contribution in [1.82, 2.24) is 4.98 Å². The molecule has 1 unspecified atom stereocenters. The van der Waals surface area contributed by atoms with Crippen molar-refractivity contribution in [3.05, 3.63) is 136 Å². The van der Waals surface area contributed by atoms with Gasteiger partial charge >= 0.3 is 5.97 Å². The molecule has 0 aliphatic rings. The number of fused-ring (bicyclic) bond motifs is 1. The Labute approximate surface area is 223 Å². The van der Waals surface area contributed by atoms with Gasteiger partial charge < -0.3 is 14.2 Å². The molecule has 0 spiro atoms. The Morgan fingerprint density at radius 3 is 2.35 bits per heavy atom. The van der Waals surface area contributed by atoms with E-state index in [0.717, 1.165) is 16.3 Å². The Hall–Kier alpha value is -4.16. The molecule has 0 bridgehead atoms. The number of hydrogen-bond acceptors (Lipinski definition) is 5. The third kappa shape index (κ3) is 5.49. The summed E-state index contributed by atoms with van der Waals surface area (Å²) >= 11 is 3.65. The van der Waals surface area contributed by atoms with Gasteiger partial charge in [-0.1, -0.05) is 72.8 Å². The summed E-state index contributed by atoms with van der Waals surface area (Å²) < 4.78 is 18.6. The van der Waals surface area contributed by atoms with Gasteiger partial charge in [-0.05, 0) is 57.2 Å². The summed E-state index contributed by atoms with van der Waals surface area (Å²) in [4.78, 5) is 17.8. The van der Waals surface area contributed by atoms with Crippen LogP contribution in [-0.2, 0) is 11.3 Å². The zero-order chi connectivity index (χ0) is 25.6. The molecule has 1 atom stereocenters. The van der Waals surface area contributed by atoms with Gasteiger partial charge in [0.2, 0.25) is 0 Å². The first-order valence-electron chi connectivity index (χ1n) is 11.8. The molecule has 37 heavy (non-hydrogen) atoms. The van der Waals surface area contributed by atoms with Crippen LogP contribution in [0.15, 0.2) is 114 Å². The molecule has 5 rings (SSSR count). The number of esters is 1. The van der Waals surface area contributed by atoms with Crippen LogP contribution in [0.4, 0.5) is 0 Å². The van der Waals surface area contributed by atoms with Gasteiger partial charge in [0.15, 0.2) is 17.6 Å². The maximum Gasteiger partial charge on any atom is 0.339 e. The van der Waals surface area contributed by atoms with E-state index in [2.05, 4.69) is 20.9 Å². The van der Waals surface area contributed by atoms with Crippen molar-refractivity contribution in [2.75, 3.05) is 7.11 Å². The number of pyridine rings is 1. The van der Waals surface area contributed by atoms with Crippen molar-refractivity contribution in [3.8, 4) is 11.5 Å². The lowest BCUT2D eigenvalue weighted by Crippen LogP contribution is -2.15. The van der Waals surface area contributed by atoms with Crippen molar-refractivity contribution in [2.45, 2.75) is 12.7 Å². The number of aromatic nitrogens is 1. The van der Waals surface area contributed by atoms with Crippen LogP contribution in [0.3, 0.4) is 0 Å². The number of ether oxygens (including phenoxy) is 3. The van der Waals surface area contributed by atoms with Crippen molar-refractivity contribution < 1.29 is 19.0 Å². The fourth-order valence-corrected chi connectivity index (χ4v) is 4.72. The van der Waals surface area contributed by atoms with Crippen LogP contribution in [0.2, 0.25) is 0 Å². The monoisotopic (exact) mass is 553 g/mol. The summed E-state index contributed by atoms with van der Waals surface area (Å²) in [6.45, 7) is 0.381. The SMILES string of the molecule is COc1cc(C(OC(=O)c2ccccc2)c2nccc3ccccc23)cc(Br)c1OCc1ccccc1. The van der Waals surface area contributed by atoms with E-state index in [9.17, 15) is 4.79 Å². The predicted octanol–water partition coefficient (Wildman–Crippen LogP) is 7.53. The number of benzene rings is 4. The largest absolute Gasteiger partial charge is 0.493 e. The highest BCUT2D eigenvalue weighted by Gasteiger charge is 2.26. The molecule has 0 N–H and O–H groups in total. The first kappa shape index (κ1) is 24.5. The smallest absolute Gasteiger partial charge is 0.339 e. The Bertz CT molecular complexity index is 1520. The summed E-state index contributed by atoms with van der Waals surface area (Å²) in [6, 6.07) is 32.4. The molecule has 0 radical (unpaired) electrons. The summed E-state index contributed by atoms with van der Waals surface area (Å²) in [6.07, 6.45) is 0.942. The van der Waals surface area contributed by atoms with Gasteiger partial charge in [0.1, 0.15) is 6.61 Å². The molecule has 184 valence electrons. The van der Waals surface area contributed by atoms with E-state index in [4.69, 9.17) is 14.2 Å². The van der Waals surface area contributed by atoms with Crippen LogP contribution in [0.25, 0.3) is 10.8 Å². The van der Waals surface area contributed by atoms with Crippen molar-refractivity contribution in [1.29, 1.82) is 0 Å². The van der Waals surface area contributed by atoms with Crippen LogP contribution < -0.4 is 9.47 Å². The third-order valence-electron chi connectivity index (χ3n) is 5.97. The molecule has 0 saturated heterocycles. The zero-order valence-corrected chi connectivity index (χ0v) is 21.7. The Balaban J connectivity index is 1.56. The highest BCUT2D eigenvalue weighted by atomic mass is 79.9. The minimum absolute atomic E-state index is 0.381. The summed E-state index contributed by atoms with van der Waals surface area (Å²) in [5, 5.41) is 1.90. The maximum absolute atomic E-state index is 13.2. The highest BCUT2D eigenvalue weighted by Crippen LogP contribution is 2.41. The van der Waals surface area contributed by atoms with Crippen LogP contribution in [-0.4, -0.2) is 18.1 Å². The first-order valence-corrected chi connectivity index (χ1v) is 12.6. The van der Waals surface area contributed by atoms with E-state index in [1.54, 1.807) is 37.6 Å². The van der Waals surface area contributed by atoms with Crippen molar-refractivity contribution >= 4 is 32.7 Å². The summed E-state index contributed by atoms with van der Waals surface area (Å²) in [5.41, 5.74) is 2.83. The highest BCUT2D eigenvalue weighted by molar-refractivity contribution is 9.10. The second kappa shape index (κ2) is 11.3. The van der Waals surface area contributed by atoms with Gasteiger partial charge in [0.25, 0.3) is 0 Å². The predicted molar refractivity (Wildman–Crippen MR) is 147 cm³/mol.